The van der Waals surface area contributed by atoms with Gasteiger partial charge in [0.25, 0.3) is 0 Å². The van der Waals surface area contributed by atoms with E-state index in [1.54, 1.807) is 18.6 Å². The molecule has 0 aromatic carbocycles. The fraction of sp³-hybridized carbons (Fsp3) is 0.333. The smallest absolute Gasteiger partial charge is 0.242 e. The maximum absolute atomic E-state index is 11.0. The summed E-state index contributed by atoms with van der Waals surface area (Å²) in [6.07, 6.45) is 4.63. The molecule has 0 spiro atoms. The van der Waals surface area contributed by atoms with Crippen molar-refractivity contribution in [1.29, 1.82) is 0 Å². The first kappa shape index (κ1) is 9.51. The molecule has 70 valence electrons. The highest BCUT2D eigenvalue weighted by Gasteiger charge is 2.03. The Kier molecular flexibility index (Phi) is 3.25. The molecule has 0 aliphatic rings. The van der Waals surface area contributed by atoms with E-state index in [-0.39, 0.29) is 11.8 Å². The van der Waals surface area contributed by atoms with Crippen molar-refractivity contribution in [2.24, 2.45) is 11.0 Å². The Morgan fingerprint density at radius 3 is 3.00 bits per heavy atom. The van der Waals surface area contributed by atoms with E-state index >= 15 is 0 Å². The van der Waals surface area contributed by atoms with Crippen LogP contribution in [-0.2, 0) is 4.79 Å². The molecular formula is C9H12N2O2. The number of carbonyl (C=O) groups excluding carboxylic acids is 1. The Bertz CT molecular complexity index is 289. The van der Waals surface area contributed by atoms with Crippen molar-refractivity contribution >= 4 is 12.1 Å². The van der Waals surface area contributed by atoms with Crippen molar-refractivity contribution in [3.8, 4) is 0 Å². The summed E-state index contributed by atoms with van der Waals surface area (Å²) < 4.78 is 4.82. The molecule has 1 aromatic heterocycles. The van der Waals surface area contributed by atoms with Gasteiger partial charge in [0, 0.05) is 11.5 Å². The number of rotatable bonds is 3. The van der Waals surface area contributed by atoms with Gasteiger partial charge in [0.2, 0.25) is 5.91 Å². The highest BCUT2D eigenvalue weighted by molar-refractivity contribution is 5.82. The lowest BCUT2D eigenvalue weighted by atomic mass is 10.2. The van der Waals surface area contributed by atoms with Gasteiger partial charge in [-0.1, -0.05) is 13.8 Å². The van der Waals surface area contributed by atoms with Gasteiger partial charge in [-0.15, -0.1) is 0 Å². The van der Waals surface area contributed by atoms with E-state index in [1.807, 2.05) is 13.8 Å². The van der Waals surface area contributed by atoms with Crippen LogP contribution >= 0.6 is 0 Å². The molecule has 13 heavy (non-hydrogen) atoms. The van der Waals surface area contributed by atoms with Crippen LogP contribution in [0.5, 0.6) is 0 Å². The van der Waals surface area contributed by atoms with E-state index < -0.39 is 0 Å². The monoisotopic (exact) mass is 180 g/mol. The molecule has 1 aromatic rings. The van der Waals surface area contributed by atoms with Gasteiger partial charge in [-0.3, -0.25) is 4.79 Å². The van der Waals surface area contributed by atoms with Gasteiger partial charge in [-0.2, -0.15) is 5.10 Å². The first-order chi connectivity index (χ1) is 6.20. The Balaban J connectivity index is 2.39. The molecule has 0 bridgehead atoms. The standard InChI is InChI=1S/C9H12N2O2/c1-7(2)9(12)11-10-5-8-3-4-13-6-8/h3-7H,1-2H3,(H,11,12). The Labute approximate surface area is 76.6 Å². The normalized spacial score (nSPS) is 11.0. The number of nitrogens with one attached hydrogen (secondary N) is 1. The average Bonchev–Trinajstić information content (AvgIpc) is 2.56. The van der Waals surface area contributed by atoms with Crippen LogP contribution in [-0.4, -0.2) is 12.1 Å². The molecule has 1 amide bonds. The highest BCUT2D eigenvalue weighted by atomic mass is 16.3. The summed E-state index contributed by atoms with van der Waals surface area (Å²) in [6, 6.07) is 1.75. The quantitative estimate of drug-likeness (QED) is 0.564. The maximum atomic E-state index is 11.0. The van der Waals surface area contributed by atoms with E-state index in [2.05, 4.69) is 10.5 Å². The van der Waals surface area contributed by atoms with Gasteiger partial charge in [-0.05, 0) is 6.07 Å². The van der Waals surface area contributed by atoms with Crippen LogP contribution in [0, 0.1) is 5.92 Å². The zero-order chi connectivity index (χ0) is 9.68. The Morgan fingerprint density at radius 1 is 1.69 bits per heavy atom. The van der Waals surface area contributed by atoms with E-state index in [1.165, 1.54) is 6.21 Å². The second kappa shape index (κ2) is 4.45. The van der Waals surface area contributed by atoms with Gasteiger partial charge in [0.05, 0.1) is 18.7 Å². The molecule has 0 aliphatic carbocycles. The molecular weight excluding hydrogens is 168 g/mol. The van der Waals surface area contributed by atoms with Gasteiger partial charge in [-0.25, -0.2) is 5.43 Å². The summed E-state index contributed by atoms with van der Waals surface area (Å²) in [7, 11) is 0. The van der Waals surface area contributed by atoms with Crippen molar-refractivity contribution in [3.05, 3.63) is 24.2 Å². The average molecular weight is 180 g/mol. The molecule has 0 saturated carbocycles. The molecule has 0 fully saturated rings. The maximum Gasteiger partial charge on any atom is 0.242 e. The number of hydrogen-bond donors (Lipinski definition) is 1. The van der Waals surface area contributed by atoms with E-state index in [0.717, 1.165) is 5.56 Å². The second-order valence-corrected chi connectivity index (χ2v) is 2.95. The van der Waals surface area contributed by atoms with Gasteiger partial charge >= 0.3 is 0 Å². The lowest BCUT2D eigenvalue weighted by Gasteiger charge is -2.00. The highest BCUT2D eigenvalue weighted by Crippen LogP contribution is 1.95. The van der Waals surface area contributed by atoms with Crippen LogP contribution < -0.4 is 5.43 Å². The summed E-state index contributed by atoms with van der Waals surface area (Å²) in [5.74, 6) is -0.152. The molecule has 0 radical (unpaired) electrons. The minimum Gasteiger partial charge on any atom is -0.472 e. The van der Waals surface area contributed by atoms with E-state index in [0.29, 0.717) is 0 Å². The van der Waals surface area contributed by atoms with Gasteiger partial charge in [0.15, 0.2) is 0 Å². The number of hydrogen-bond acceptors (Lipinski definition) is 3. The largest absolute Gasteiger partial charge is 0.472 e. The van der Waals surface area contributed by atoms with Gasteiger partial charge < -0.3 is 4.42 Å². The molecule has 4 heteroatoms. The molecule has 0 saturated heterocycles. The zero-order valence-electron chi connectivity index (χ0n) is 7.65. The first-order valence-corrected chi connectivity index (χ1v) is 4.05. The number of hydrazone groups is 1. The van der Waals surface area contributed by atoms with Crippen LogP contribution in [0.15, 0.2) is 28.1 Å². The minimum absolute atomic E-state index is 0.0542. The van der Waals surface area contributed by atoms with Crippen LogP contribution in [0.1, 0.15) is 19.4 Å². The van der Waals surface area contributed by atoms with Crippen LogP contribution in [0.2, 0.25) is 0 Å². The lowest BCUT2D eigenvalue weighted by molar-refractivity contribution is -0.123. The molecule has 0 aliphatic heterocycles. The lowest BCUT2D eigenvalue weighted by Crippen LogP contribution is -2.22. The number of carbonyl (C=O) groups is 1. The molecule has 1 rings (SSSR count). The topological polar surface area (TPSA) is 54.6 Å². The molecule has 0 atom stereocenters. The summed E-state index contributed by atoms with van der Waals surface area (Å²) >= 11 is 0. The van der Waals surface area contributed by atoms with Crippen LogP contribution in [0.25, 0.3) is 0 Å². The van der Waals surface area contributed by atoms with Crippen molar-refractivity contribution < 1.29 is 9.21 Å². The predicted molar refractivity (Wildman–Crippen MR) is 49.3 cm³/mol. The third-order valence-corrected chi connectivity index (χ3v) is 1.46. The number of nitrogens with zero attached hydrogens (tertiary/aromatic N) is 1. The number of amides is 1. The van der Waals surface area contributed by atoms with Crippen molar-refractivity contribution in [1.82, 2.24) is 5.43 Å². The molecule has 1 N–H and O–H groups in total. The third-order valence-electron chi connectivity index (χ3n) is 1.46. The first-order valence-electron chi connectivity index (χ1n) is 4.05. The fourth-order valence-electron chi connectivity index (χ4n) is 0.648. The van der Waals surface area contributed by atoms with Gasteiger partial charge in [0.1, 0.15) is 0 Å². The molecule has 4 nitrogen and oxygen atoms in total. The van der Waals surface area contributed by atoms with Crippen molar-refractivity contribution in [2.45, 2.75) is 13.8 Å². The van der Waals surface area contributed by atoms with E-state index in [4.69, 9.17) is 4.42 Å². The summed E-state index contributed by atoms with van der Waals surface area (Å²) in [6.45, 7) is 3.62. The Hall–Kier alpha value is -1.58. The number of furan rings is 1. The molecule has 0 unspecified atom stereocenters. The van der Waals surface area contributed by atoms with Crippen molar-refractivity contribution in [3.63, 3.8) is 0 Å². The van der Waals surface area contributed by atoms with Crippen molar-refractivity contribution in [2.75, 3.05) is 0 Å². The summed E-state index contributed by atoms with van der Waals surface area (Å²) in [5.41, 5.74) is 3.23. The van der Waals surface area contributed by atoms with Crippen LogP contribution in [0.4, 0.5) is 0 Å². The van der Waals surface area contributed by atoms with E-state index in [9.17, 15) is 4.79 Å². The zero-order valence-corrected chi connectivity index (χ0v) is 7.65. The summed E-state index contributed by atoms with van der Waals surface area (Å²) in [4.78, 5) is 11.0. The minimum atomic E-state index is -0.0975. The predicted octanol–water partition coefficient (Wildman–Crippen LogP) is 1.39. The molecule has 1 heterocycles. The Morgan fingerprint density at radius 2 is 2.46 bits per heavy atom. The second-order valence-electron chi connectivity index (χ2n) is 2.95. The SMILES string of the molecule is CC(C)C(=O)NN=Cc1ccoc1. The summed E-state index contributed by atoms with van der Waals surface area (Å²) in [5, 5.41) is 3.75. The fourth-order valence-corrected chi connectivity index (χ4v) is 0.648. The third kappa shape index (κ3) is 3.11. The van der Waals surface area contributed by atoms with Crippen LogP contribution in [0.3, 0.4) is 0 Å².